The number of aromatic nitrogens is 1. The molecule has 4 aromatic carbocycles. The average Bonchev–Trinajstić information content (AvgIpc) is 3.34. The van der Waals surface area contributed by atoms with Crippen LogP contribution in [-0.4, -0.2) is 21.6 Å². The number of benzene rings is 4. The summed E-state index contributed by atoms with van der Waals surface area (Å²) in [5.74, 6) is -1.41. The zero-order valence-corrected chi connectivity index (χ0v) is 21.6. The molecule has 0 spiro atoms. The molecule has 1 amide bonds. The number of carbonyl (C=O) groups excluding carboxylic acids is 1. The molecule has 0 bridgehead atoms. The SMILES string of the molecule is O=C(O)c1ccc(CNC(=O)c2cc(-c3ccccc3Cl)cc3ccn(Cc4ccc(C(F)(F)F)cc4)c23)cc1. The molecule has 0 aliphatic rings. The molecule has 40 heavy (non-hydrogen) atoms. The number of carboxylic acids is 1. The summed E-state index contributed by atoms with van der Waals surface area (Å²) in [7, 11) is 0. The Morgan fingerprint density at radius 3 is 2.20 bits per heavy atom. The van der Waals surface area contributed by atoms with Crippen molar-refractivity contribution in [1.82, 2.24) is 9.88 Å². The van der Waals surface area contributed by atoms with E-state index in [-0.39, 0.29) is 24.6 Å². The third-order valence-corrected chi connectivity index (χ3v) is 6.91. The van der Waals surface area contributed by atoms with Crippen LogP contribution < -0.4 is 5.32 Å². The van der Waals surface area contributed by atoms with E-state index in [0.29, 0.717) is 21.7 Å². The topological polar surface area (TPSA) is 71.3 Å². The van der Waals surface area contributed by atoms with Crippen molar-refractivity contribution in [1.29, 1.82) is 0 Å². The number of carboxylic acid groups (broad SMARTS) is 1. The Labute approximate surface area is 232 Å². The van der Waals surface area contributed by atoms with Crippen LogP contribution in [0.4, 0.5) is 13.2 Å². The van der Waals surface area contributed by atoms with E-state index in [4.69, 9.17) is 16.7 Å². The highest BCUT2D eigenvalue weighted by Crippen LogP contribution is 2.34. The van der Waals surface area contributed by atoms with Gasteiger partial charge in [-0.25, -0.2) is 4.79 Å². The molecule has 0 radical (unpaired) electrons. The Morgan fingerprint density at radius 1 is 0.875 bits per heavy atom. The average molecular weight is 563 g/mol. The third-order valence-electron chi connectivity index (χ3n) is 6.58. The highest BCUT2D eigenvalue weighted by molar-refractivity contribution is 6.33. The van der Waals surface area contributed by atoms with Gasteiger partial charge in [-0.2, -0.15) is 13.2 Å². The van der Waals surface area contributed by atoms with Crippen molar-refractivity contribution in [3.8, 4) is 11.1 Å². The van der Waals surface area contributed by atoms with Crippen LogP contribution in [0.3, 0.4) is 0 Å². The number of nitrogens with zero attached hydrogens (tertiary/aromatic N) is 1. The van der Waals surface area contributed by atoms with Gasteiger partial charge in [-0.1, -0.05) is 54.1 Å². The quantitative estimate of drug-likeness (QED) is 0.214. The van der Waals surface area contributed by atoms with Gasteiger partial charge in [0.1, 0.15) is 0 Å². The fourth-order valence-electron chi connectivity index (χ4n) is 4.54. The van der Waals surface area contributed by atoms with Gasteiger partial charge in [0, 0.05) is 35.3 Å². The van der Waals surface area contributed by atoms with Gasteiger partial charge in [0.25, 0.3) is 5.91 Å². The predicted octanol–water partition coefficient (Wildman–Crippen LogP) is 7.66. The second kappa shape index (κ2) is 10.9. The van der Waals surface area contributed by atoms with Gasteiger partial charge in [0.05, 0.1) is 22.2 Å². The van der Waals surface area contributed by atoms with Gasteiger partial charge < -0.3 is 15.0 Å². The summed E-state index contributed by atoms with van der Waals surface area (Å²) in [5.41, 5.74) is 3.25. The number of halogens is 4. The molecule has 1 aromatic heterocycles. The van der Waals surface area contributed by atoms with Crippen molar-refractivity contribution in [2.45, 2.75) is 19.3 Å². The molecule has 1 heterocycles. The molecule has 9 heteroatoms. The molecule has 2 N–H and O–H groups in total. The summed E-state index contributed by atoms with van der Waals surface area (Å²) in [5, 5.41) is 13.3. The zero-order valence-electron chi connectivity index (χ0n) is 20.9. The molecule has 0 unspecified atom stereocenters. The number of hydrogen-bond acceptors (Lipinski definition) is 2. The molecule has 5 aromatic rings. The minimum absolute atomic E-state index is 0.144. The van der Waals surface area contributed by atoms with Crippen LogP contribution in [0.2, 0.25) is 5.02 Å². The summed E-state index contributed by atoms with van der Waals surface area (Å²) < 4.78 is 40.9. The van der Waals surface area contributed by atoms with Crippen LogP contribution in [0, 0.1) is 0 Å². The standard InChI is InChI=1S/C31H22ClF3N2O3/c32-27-4-2-1-3-25(27)23-15-22-13-14-37(18-20-7-11-24(12-8-20)31(33,34)35)28(22)26(16-23)29(38)36-17-19-5-9-21(10-6-19)30(39)40/h1-16H,17-18H2,(H,36,38)(H,39,40). The van der Waals surface area contributed by atoms with Crippen LogP contribution in [0.1, 0.15) is 37.4 Å². The lowest BCUT2D eigenvalue weighted by Gasteiger charge is -2.14. The first kappa shape index (κ1) is 27.0. The fraction of sp³-hybridized carbons (Fsp3) is 0.0968. The molecule has 0 aliphatic heterocycles. The Kier molecular flexibility index (Phi) is 7.36. The first-order valence-corrected chi connectivity index (χ1v) is 12.6. The smallest absolute Gasteiger partial charge is 0.416 e. The van der Waals surface area contributed by atoms with Crippen LogP contribution in [0.25, 0.3) is 22.0 Å². The van der Waals surface area contributed by atoms with Crippen LogP contribution >= 0.6 is 11.6 Å². The normalized spacial score (nSPS) is 11.5. The highest BCUT2D eigenvalue weighted by atomic mass is 35.5. The zero-order chi connectivity index (χ0) is 28.4. The minimum atomic E-state index is -4.42. The number of nitrogens with one attached hydrogen (secondary N) is 1. The second-order valence-corrected chi connectivity index (χ2v) is 9.67. The number of amides is 1. The summed E-state index contributed by atoms with van der Waals surface area (Å²) in [6.07, 6.45) is -2.63. The van der Waals surface area contributed by atoms with Gasteiger partial charge in [-0.15, -0.1) is 0 Å². The lowest BCUT2D eigenvalue weighted by atomic mass is 9.99. The predicted molar refractivity (Wildman–Crippen MR) is 148 cm³/mol. The number of rotatable bonds is 7. The second-order valence-electron chi connectivity index (χ2n) is 9.26. The number of carbonyl (C=O) groups is 2. The van der Waals surface area contributed by atoms with Crippen LogP contribution in [0.5, 0.6) is 0 Å². The van der Waals surface area contributed by atoms with E-state index in [9.17, 15) is 22.8 Å². The Balaban J connectivity index is 1.51. The molecule has 0 saturated carbocycles. The molecule has 5 nitrogen and oxygen atoms in total. The molecule has 0 atom stereocenters. The number of alkyl halides is 3. The van der Waals surface area contributed by atoms with E-state index in [1.165, 1.54) is 24.3 Å². The van der Waals surface area contributed by atoms with Crippen molar-refractivity contribution in [2.24, 2.45) is 0 Å². The molecular weight excluding hydrogens is 541 g/mol. The first-order valence-electron chi connectivity index (χ1n) is 12.2. The molecule has 0 aliphatic carbocycles. The maximum Gasteiger partial charge on any atom is 0.416 e. The van der Waals surface area contributed by atoms with Crippen LogP contribution in [0.15, 0.2) is 97.2 Å². The van der Waals surface area contributed by atoms with Crippen molar-refractivity contribution in [3.05, 3.63) is 130 Å². The van der Waals surface area contributed by atoms with E-state index in [0.717, 1.165) is 34.2 Å². The number of hydrogen-bond donors (Lipinski definition) is 2. The van der Waals surface area contributed by atoms with E-state index < -0.39 is 17.7 Å². The van der Waals surface area contributed by atoms with Crippen molar-refractivity contribution in [2.75, 3.05) is 0 Å². The fourth-order valence-corrected chi connectivity index (χ4v) is 4.79. The summed E-state index contributed by atoms with van der Waals surface area (Å²) in [4.78, 5) is 24.7. The van der Waals surface area contributed by atoms with Crippen molar-refractivity contribution >= 4 is 34.4 Å². The van der Waals surface area contributed by atoms with Crippen molar-refractivity contribution < 1.29 is 27.9 Å². The van der Waals surface area contributed by atoms with Crippen LogP contribution in [-0.2, 0) is 19.3 Å². The lowest BCUT2D eigenvalue weighted by Crippen LogP contribution is -2.23. The highest BCUT2D eigenvalue weighted by Gasteiger charge is 2.30. The monoisotopic (exact) mass is 562 g/mol. The van der Waals surface area contributed by atoms with E-state index >= 15 is 0 Å². The minimum Gasteiger partial charge on any atom is -0.478 e. The Morgan fingerprint density at radius 2 is 1.55 bits per heavy atom. The van der Waals surface area contributed by atoms with Gasteiger partial charge in [-0.3, -0.25) is 4.79 Å². The molecule has 5 rings (SSSR count). The molecular formula is C31H22ClF3N2O3. The summed E-state index contributed by atoms with van der Waals surface area (Å²) in [6, 6.07) is 23.9. The Bertz CT molecular complexity index is 1710. The molecule has 0 fully saturated rings. The summed E-state index contributed by atoms with van der Waals surface area (Å²) >= 11 is 6.45. The number of fused-ring (bicyclic) bond motifs is 1. The molecule has 0 saturated heterocycles. The van der Waals surface area contributed by atoms with Gasteiger partial charge >= 0.3 is 12.1 Å². The maximum absolute atomic E-state index is 13.6. The molecule has 202 valence electrons. The lowest BCUT2D eigenvalue weighted by molar-refractivity contribution is -0.137. The maximum atomic E-state index is 13.6. The van der Waals surface area contributed by atoms with Gasteiger partial charge in [-0.05, 0) is 65.2 Å². The van der Waals surface area contributed by atoms with Gasteiger partial charge in [0.2, 0.25) is 0 Å². The van der Waals surface area contributed by atoms with Gasteiger partial charge in [0.15, 0.2) is 0 Å². The third kappa shape index (κ3) is 5.72. The largest absolute Gasteiger partial charge is 0.478 e. The van der Waals surface area contributed by atoms with E-state index in [2.05, 4.69) is 5.32 Å². The number of aromatic carboxylic acids is 1. The summed E-state index contributed by atoms with van der Waals surface area (Å²) in [6.45, 7) is 0.417. The van der Waals surface area contributed by atoms with Crippen molar-refractivity contribution in [3.63, 3.8) is 0 Å². The van der Waals surface area contributed by atoms with E-state index in [1.807, 2.05) is 34.9 Å². The Hall–Kier alpha value is -4.56. The van der Waals surface area contributed by atoms with E-state index in [1.54, 1.807) is 30.5 Å². The first-order chi connectivity index (χ1) is 19.1.